The van der Waals surface area contributed by atoms with Crippen molar-refractivity contribution in [2.45, 2.75) is 45.7 Å². The van der Waals surface area contributed by atoms with Gasteiger partial charge in [-0.25, -0.2) is 4.98 Å². The summed E-state index contributed by atoms with van der Waals surface area (Å²) >= 11 is 1.30. The van der Waals surface area contributed by atoms with E-state index in [1.54, 1.807) is 49.0 Å². The second-order valence-electron chi connectivity index (χ2n) is 8.33. The van der Waals surface area contributed by atoms with Crippen LogP contribution in [0.15, 0.2) is 60.1 Å². The van der Waals surface area contributed by atoms with Gasteiger partial charge in [0.15, 0.2) is 5.13 Å². The van der Waals surface area contributed by atoms with Crippen molar-refractivity contribution in [3.8, 4) is 5.75 Å². The lowest BCUT2D eigenvalue weighted by atomic mass is 10.0. The molecule has 8 nitrogen and oxygen atoms in total. The highest BCUT2D eigenvalue weighted by Crippen LogP contribution is 2.31. The molecule has 0 aliphatic rings. The van der Waals surface area contributed by atoms with Crippen molar-refractivity contribution in [3.63, 3.8) is 0 Å². The summed E-state index contributed by atoms with van der Waals surface area (Å²) in [5.74, 6) is -0.328. The first-order valence-corrected chi connectivity index (χ1v) is 12.2. The standard InChI is InChI=1S/C26H30N4O4S/c1-17(2)28-25(33)24(19-8-10-21(34-4)11-9-19)30(20-7-5-6-18(3)16-20)23(32)13-12-22(31)29-26-27-14-15-35-26/h5-11,14-17,24H,12-13H2,1-4H3,(H,28,33)(H,27,29,31). The summed E-state index contributed by atoms with van der Waals surface area (Å²) in [6.45, 7) is 5.65. The van der Waals surface area contributed by atoms with Gasteiger partial charge < -0.3 is 15.4 Å². The van der Waals surface area contributed by atoms with Gasteiger partial charge >= 0.3 is 0 Å². The van der Waals surface area contributed by atoms with E-state index < -0.39 is 6.04 Å². The highest BCUT2D eigenvalue weighted by atomic mass is 32.1. The first-order valence-electron chi connectivity index (χ1n) is 11.3. The van der Waals surface area contributed by atoms with Crippen LogP contribution in [-0.4, -0.2) is 35.9 Å². The number of hydrogen-bond donors (Lipinski definition) is 2. The second-order valence-corrected chi connectivity index (χ2v) is 9.22. The maximum absolute atomic E-state index is 13.6. The number of ether oxygens (including phenoxy) is 1. The topological polar surface area (TPSA) is 101 Å². The molecule has 2 aromatic carbocycles. The predicted molar refractivity (Wildman–Crippen MR) is 138 cm³/mol. The van der Waals surface area contributed by atoms with Gasteiger partial charge in [0.25, 0.3) is 0 Å². The predicted octanol–water partition coefficient (Wildman–Crippen LogP) is 4.48. The van der Waals surface area contributed by atoms with Crippen LogP contribution in [0.5, 0.6) is 5.75 Å². The molecule has 35 heavy (non-hydrogen) atoms. The van der Waals surface area contributed by atoms with Crippen molar-refractivity contribution in [2.24, 2.45) is 0 Å². The third-order valence-electron chi connectivity index (χ3n) is 5.16. The molecule has 3 amide bonds. The van der Waals surface area contributed by atoms with Gasteiger partial charge in [0.05, 0.1) is 7.11 Å². The second kappa shape index (κ2) is 12.1. The number of benzene rings is 2. The monoisotopic (exact) mass is 494 g/mol. The average molecular weight is 495 g/mol. The Morgan fingerprint density at radius 1 is 1.09 bits per heavy atom. The number of amides is 3. The van der Waals surface area contributed by atoms with Crippen LogP contribution in [0, 0.1) is 6.92 Å². The van der Waals surface area contributed by atoms with Crippen LogP contribution in [0.3, 0.4) is 0 Å². The Bertz CT molecular complexity index is 1150. The number of anilines is 2. The minimum absolute atomic E-state index is 0.0398. The Labute approximate surface area is 209 Å². The lowest BCUT2D eigenvalue weighted by Gasteiger charge is -2.32. The molecule has 1 aromatic heterocycles. The molecule has 3 aromatic rings. The molecule has 0 aliphatic heterocycles. The van der Waals surface area contributed by atoms with Crippen LogP contribution in [0.4, 0.5) is 10.8 Å². The largest absolute Gasteiger partial charge is 0.497 e. The molecular weight excluding hydrogens is 464 g/mol. The lowest BCUT2D eigenvalue weighted by molar-refractivity contribution is -0.127. The summed E-state index contributed by atoms with van der Waals surface area (Å²) in [5, 5.41) is 7.86. The summed E-state index contributed by atoms with van der Waals surface area (Å²) in [6, 6.07) is 13.4. The Hall–Kier alpha value is -3.72. The fourth-order valence-electron chi connectivity index (χ4n) is 3.59. The molecule has 0 aliphatic carbocycles. The van der Waals surface area contributed by atoms with E-state index >= 15 is 0 Å². The van der Waals surface area contributed by atoms with Crippen LogP contribution in [-0.2, 0) is 14.4 Å². The van der Waals surface area contributed by atoms with Gasteiger partial charge in [-0.3, -0.25) is 19.3 Å². The molecule has 0 spiro atoms. The van der Waals surface area contributed by atoms with Gasteiger partial charge in [0, 0.05) is 36.1 Å². The van der Waals surface area contributed by atoms with Crippen LogP contribution in [0.1, 0.15) is 43.9 Å². The van der Waals surface area contributed by atoms with E-state index in [2.05, 4.69) is 15.6 Å². The Balaban J connectivity index is 1.95. The molecule has 1 heterocycles. The Morgan fingerprint density at radius 2 is 1.83 bits per heavy atom. The maximum atomic E-state index is 13.6. The first kappa shape index (κ1) is 25.9. The molecule has 0 saturated carbocycles. The number of rotatable bonds is 10. The number of thiazole rings is 1. The fourth-order valence-corrected chi connectivity index (χ4v) is 4.14. The van der Waals surface area contributed by atoms with E-state index in [9.17, 15) is 14.4 Å². The number of nitrogens with one attached hydrogen (secondary N) is 2. The molecule has 1 atom stereocenters. The van der Waals surface area contributed by atoms with E-state index in [0.29, 0.717) is 22.1 Å². The number of carbonyl (C=O) groups is 3. The summed E-state index contributed by atoms with van der Waals surface area (Å²) in [7, 11) is 1.57. The maximum Gasteiger partial charge on any atom is 0.248 e. The van der Waals surface area contributed by atoms with Crippen molar-refractivity contribution >= 4 is 39.9 Å². The summed E-state index contributed by atoms with van der Waals surface area (Å²) in [6.07, 6.45) is 1.48. The van der Waals surface area contributed by atoms with Gasteiger partial charge in [0.1, 0.15) is 11.8 Å². The van der Waals surface area contributed by atoms with Crippen molar-refractivity contribution in [1.82, 2.24) is 10.3 Å². The molecule has 9 heteroatoms. The molecule has 184 valence electrons. The molecule has 0 fully saturated rings. The van der Waals surface area contributed by atoms with Gasteiger partial charge in [-0.2, -0.15) is 0 Å². The molecular formula is C26H30N4O4S. The number of nitrogens with zero attached hydrogens (tertiary/aromatic N) is 2. The van der Waals surface area contributed by atoms with Crippen molar-refractivity contribution in [1.29, 1.82) is 0 Å². The van der Waals surface area contributed by atoms with E-state index in [1.807, 2.05) is 39.0 Å². The number of carbonyl (C=O) groups excluding carboxylic acids is 3. The molecule has 0 saturated heterocycles. The SMILES string of the molecule is COc1ccc(C(C(=O)NC(C)C)N(C(=O)CCC(=O)Nc2nccs2)c2cccc(C)c2)cc1. The van der Waals surface area contributed by atoms with Gasteiger partial charge in [-0.05, 0) is 56.2 Å². The van der Waals surface area contributed by atoms with Crippen LogP contribution in [0.2, 0.25) is 0 Å². The quantitative estimate of drug-likeness (QED) is 0.433. The fraction of sp³-hybridized carbons (Fsp3) is 0.308. The zero-order valence-corrected chi connectivity index (χ0v) is 21.1. The Morgan fingerprint density at radius 3 is 2.43 bits per heavy atom. The Kier molecular flexibility index (Phi) is 8.97. The summed E-state index contributed by atoms with van der Waals surface area (Å²) < 4.78 is 5.26. The number of hydrogen-bond acceptors (Lipinski definition) is 6. The van der Waals surface area contributed by atoms with Crippen molar-refractivity contribution < 1.29 is 19.1 Å². The third-order valence-corrected chi connectivity index (χ3v) is 5.85. The van der Waals surface area contributed by atoms with E-state index in [-0.39, 0.29) is 36.6 Å². The van der Waals surface area contributed by atoms with Crippen LogP contribution in [0.25, 0.3) is 0 Å². The average Bonchev–Trinajstić information content (AvgIpc) is 3.33. The zero-order chi connectivity index (χ0) is 25.4. The third kappa shape index (κ3) is 7.13. The van der Waals surface area contributed by atoms with E-state index in [0.717, 1.165) is 5.56 Å². The van der Waals surface area contributed by atoms with Gasteiger partial charge in [0.2, 0.25) is 17.7 Å². The number of aromatic nitrogens is 1. The lowest BCUT2D eigenvalue weighted by Crippen LogP contribution is -2.46. The van der Waals surface area contributed by atoms with Crippen LogP contribution >= 0.6 is 11.3 Å². The highest BCUT2D eigenvalue weighted by Gasteiger charge is 2.33. The molecule has 3 rings (SSSR count). The highest BCUT2D eigenvalue weighted by molar-refractivity contribution is 7.13. The molecule has 1 unspecified atom stereocenters. The molecule has 0 radical (unpaired) electrons. The molecule has 2 N–H and O–H groups in total. The minimum Gasteiger partial charge on any atom is -0.497 e. The number of methoxy groups -OCH3 is 1. The van der Waals surface area contributed by atoms with Gasteiger partial charge in [-0.1, -0.05) is 24.3 Å². The molecule has 0 bridgehead atoms. The first-order chi connectivity index (χ1) is 16.8. The van der Waals surface area contributed by atoms with Crippen molar-refractivity contribution in [2.75, 3.05) is 17.3 Å². The van der Waals surface area contributed by atoms with E-state index in [1.165, 1.54) is 16.2 Å². The minimum atomic E-state index is -0.931. The van der Waals surface area contributed by atoms with E-state index in [4.69, 9.17) is 4.74 Å². The van der Waals surface area contributed by atoms with Crippen LogP contribution < -0.4 is 20.3 Å². The van der Waals surface area contributed by atoms with Gasteiger partial charge in [-0.15, -0.1) is 11.3 Å². The summed E-state index contributed by atoms with van der Waals surface area (Å²) in [4.78, 5) is 45.0. The van der Waals surface area contributed by atoms with Crippen molar-refractivity contribution in [3.05, 3.63) is 71.2 Å². The zero-order valence-electron chi connectivity index (χ0n) is 20.3. The number of aryl methyl sites for hydroxylation is 1. The normalized spacial score (nSPS) is 11.6. The summed E-state index contributed by atoms with van der Waals surface area (Å²) in [5.41, 5.74) is 2.15. The smallest absolute Gasteiger partial charge is 0.248 e.